The van der Waals surface area contributed by atoms with Gasteiger partial charge < -0.3 is 0 Å². The number of likely N-dealkylation sites (N-methyl/N-ethyl adjacent to an activating group) is 1. The van der Waals surface area contributed by atoms with Crippen molar-refractivity contribution in [1.29, 1.82) is 0 Å². The molecule has 0 radical (unpaired) electrons. The molecule has 1 fully saturated rings. The van der Waals surface area contributed by atoms with Crippen molar-refractivity contribution in [2.24, 2.45) is 0 Å². The Hall–Kier alpha value is -0.230. The molecule has 1 saturated heterocycles. The average molecular weight is 261 g/mol. The Morgan fingerprint density at radius 2 is 2.31 bits per heavy atom. The van der Waals surface area contributed by atoms with Crippen LogP contribution in [0.15, 0.2) is 0 Å². The predicted molar refractivity (Wildman–Crippen MR) is 66.9 cm³/mol. The van der Waals surface area contributed by atoms with Gasteiger partial charge in [0.1, 0.15) is 10.0 Å². The van der Waals surface area contributed by atoms with Crippen LogP contribution in [-0.4, -0.2) is 51.6 Å². The molecule has 0 aromatic carbocycles. The van der Waals surface area contributed by atoms with E-state index in [4.69, 9.17) is 11.6 Å². The highest BCUT2D eigenvalue weighted by Crippen LogP contribution is 2.20. The zero-order valence-electron chi connectivity index (χ0n) is 9.69. The highest BCUT2D eigenvalue weighted by atomic mass is 35.5. The Bertz CT molecular complexity index is 343. The Kier molecular flexibility index (Phi) is 4.13. The lowest BCUT2D eigenvalue weighted by Gasteiger charge is -2.39. The van der Waals surface area contributed by atoms with E-state index < -0.39 is 0 Å². The molecule has 6 heteroatoms. The minimum atomic E-state index is 0.615. The second kappa shape index (κ2) is 5.40. The normalized spacial score (nSPS) is 23.8. The fourth-order valence-electron chi connectivity index (χ4n) is 2.19. The topological polar surface area (TPSA) is 32.3 Å². The Morgan fingerprint density at radius 1 is 1.50 bits per heavy atom. The maximum Gasteiger partial charge on any atom is 0.138 e. The van der Waals surface area contributed by atoms with Crippen molar-refractivity contribution in [2.75, 3.05) is 26.2 Å². The molecule has 1 aliphatic rings. The zero-order valence-corrected chi connectivity index (χ0v) is 11.3. The molecule has 0 saturated carbocycles. The molecule has 2 heterocycles. The Labute approximate surface area is 105 Å². The second-order valence-electron chi connectivity index (χ2n) is 4.21. The van der Waals surface area contributed by atoms with Gasteiger partial charge in [0.2, 0.25) is 0 Å². The molecular formula is C10H17ClN4S. The smallest absolute Gasteiger partial charge is 0.138 e. The molecule has 0 spiro atoms. The molecular weight excluding hydrogens is 244 g/mol. The van der Waals surface area contributed by atoms with Gasteiger partial charge in [-0.25, -0.2) is 0 Å². The lowest BCUT2D eigenvalue weighted by Crippen LogP contribution is -2.51. The predicted octanol–water partition coefficient (Wildman–Crippen LogP) is 1.72. The summed E-state index contributed by atoms with van der Waals surface area (Å²) in [5, 5.41) is 4.06. The van der Waals surface area contributed by atoms with E-state index in [1.54, 1.807) is 0 Å². The van der Waals surface area contributed by atoms with Gasteiger partial charge in [-0.2, -0.15) is 0 Å². The van der Waals surface area contributed by atoms with Crippen LogP contribution >= 0.6 is 23.1 Å². The maximum absolute atomic E-state index is 6.01. The van der Waals surface area contributed by atoms with Gasteiger partial charge in [0, 0.05) is 43.8 Å². The number of aromatic nitrogens is 2. The summed E-state index contributed by atoms with van der Waals surface area (Å²) >= 11 is 7.27. The van der Waals surface area contributed by atoms with Gasteiger partial charge in [-0.1, -0.05) is 23.0 Å². The van der Waals surface area contributed by atoms with Crippen molar-refractivity contribution in [2.45, 2.75) is 26.4 Å². The summed E-state index contributed by atoms with van der Waals surface area (Å²) in [6, 6.07) is 0.615. The van der Waals surface area contributed by atoms with E-state index in [0.717, 1.165) is 42.8 Å². The second-order valence-corrected chi connectivity index (χ2v) is 5.56. The molecule has 0 bridgehead atoms. The van der Waals surface area contributed by atoms with E-state index in [0.29, 0.717) is 6.04 Å². The summed E-state index contributed by atoms with van der Waals surface area (Å²) in [6.07, 6.45) is 0. The van der Waals surface area contributed by atoms with Crippen molar-refractivity contribution in [3.63, 3.8) is 0 Å². The highest BCUT2D eigenvalue weighted by molar-refractivity contribution is 7.10. The van der Waals surface area contributed by atoms with Crippen LogP contribution in [0.3, 0.4) is 0 Å². The van der Waals surface area contributed by atoms with Gasteiger partial charge in [-0.3, -0.25) is 9.80 Å². The van der Waals surface area contributed by atoms with Crippen LogP contribution in [0.1, 0.15) is 19.5 Å². The van der Waals surface area contributed by atoms with E-state index in [1.807, 2.05) is 0 Å². The van der Waals surface area contributed by atoms with Gasteiger partial charge >= 0.3 is 0 Å². The Morgan fingerprint density at radius 3 is 2.88 bits per heavy atom. The van der Waals surface area contributed by atoms with E-state index in [1.165, 1.54) is 11.5 Å². The molecule has 0 amide bonds. The first kappa shape index (κ1) is 12.2. The first-order valence-electron chi connectivity index (χ1n) is 5.63. The molecule has 1 aliphatic heterocycles. The third-order valence-electron chi connectivity index (χ3n) is 3.14. The lowest BCUT2D eigenvalue weighted by atomic mass is 10.2. The summed E-state index contributed by atoms with van der Waals surface area (Å²) in [6.45, 7) is 9.76. The minimum Gasteiger partial charge on any atom is -0.298 e. The summed E-state index contributed by atoms with van der Waals surface area (Å²) in [5.41, 5.74) is 0.920. The Balaban J connectivity index is 1.91. The van der Waals surface area contributed by atoms with E-state index in [9.17, 15) is 0 Å². The molecule has 1 aromatic rings. The van der Waals surface area contributed by atoms with Gasteiger partial charge in [-0.15, -0.1) is 5.10 Å². The fourth-order valence-corrected chi connectivity index (χ4v) is 2.80. The van der Waals surface area contributed by atoms with Crippen molar-refractivity contribution in [1.82, 2.24) is 19.4 Å². The van der Waals surface area contributed by atoms with Crippen LogP contribution < -0.4 is 0 Å². The highest BCUT2D eigenvalue weighted by Gasteiger charge is 2.23. The van der Waals surface area contributed by atoms with Crippen molar-refractivity contribution in [3.8, 4) is 0 Å². The first-order chi connectivity index (χ1) is 7.70. The van der Waals surface area contributed by atoms with Crippen LogP contribution in [-0.2, 0) is 6.54 Å². The number of rotatable bonds is 3. The molecule has 0 N–H and O–H groups in total. The van der Waals surface area contributed by atoms with Gasteiger partial charge in [0.15, 0.2) is 0 Å². The van der Waals surface area contributed by atoms with Crippen LogP contribution in [0.4, 0.5) is 0 Å². The van der Waals surface area contributed by atoms with E-state index in [-0.39, 0.29) is 0 Å². The molecule has 1 unspecified atom stereocenters. The molecule has 2 rings (SSSR count). The van der Waals surface area contributed by atoms with Crippen molar-refractivity contribution >= 4 is 23.1 Å². The summed E-state index contributed by atoms with van der Waals surface area (Å²) < 4.78 is 4.59. The van der Waals surface area contributed by atoms with E-state index >= 15 is 0 Å². The van der Waals surface area contributed by atoms with Crippen LogP contribution in [0, 0.1) is 0 Å². The van der Waals surface area contributed by atoms with Gasteiger partial charge in [0.05, 0.1) is 0 Å². The molecule has 16 heavy (non-hydrogen) atoms. The average Bonchev–Trinajstić information content (AvgIpc) is 2.65. The number of piperazine rings is 1. The fraction of sp³-hybridized carbons (Fsp3) is 0.800. The maximum atomic E-state index is 6.01. The third kappa shape index (κ3) is 2.71. The lowest BCUT2D eigenvalue weighted by molar-refractivity contribution is 0.0826. The summed E-state index contributed by atoms with van der Waals surface area (Å²) in [7, 11) is 0. The zero-order chi connectivity index (χ0) is 11.5. The van der Waals surface area contributed by atoms with Crippen molar-refractivity contribution in [3.05, 3.63) is 10.0 Å². The van der Waals surface area contributed by atoms with Crippen LogP contribution in [0.25, 0.3) is 0 Å². The molecule has 0 aliphatic carbocycles. The van der Waals surface area contributed by atoms with Gasteiger partial charge in [0.25, 0.3) is 0 Å². The standard InChI is InChI=1S/C10H17ClN4S/c1-3-15-5-4-14(6-8(15)2)7-9-10(11)16-13-12-9/h8H,3-7H2,1-2H3. The first-order valence-corrected chi connectivity index (χ1v) is 6.79. The number of hydrogen-bond acceptors (Lipinski definition) is 5. The summed E-state index contributed by atoms with van der Waals surface area (Å²) in [4.78, 5) is 4.90. The number of nitrogens with zero attached hydrogens (tertiary/aromatic N) is 4. The largest absolute Gasteiger partial charge is 0.298 e. The molecule has 1 aromatic heterocycles. The minimum absolute atomic E-state index is 0.615. The van der Waals surface area contributed by atoms with Crippen molar-refractivity contribution < 1.29 is 0 Å². The van der Waals surface area contributed by atoms with E-state index in [2.05, 4.69) is 33.2 Å². The molecule has 1 atom stereocenters. The molecule has 4 nitrogen and oxygen atoms in total. The van der Waals surface area contributed by atoms with Gasteiger partial charge in [-0.05, 0) is 13.5 Å². The molecule has 90 valence electrons. The monoisotopic (exact) mass is 260 g/mol. The SMILES string of the molecule is CCN1CCN(Cc2nnsc2Cl)CC1C. The summed E-state index contributed by atoms with van der Waals surface area (Å²) in [5.74, 6) is 0. The number of hydrogen-bond donors (Lipinski definition) is 0. The number of halogens is 1. The third-order valence-corrected chi connectivity index (χ3v) is 4.12. The van der Waals surface area contributed by atoms with Crippen LogP contribution in [0.2, 0.25) is 4.34 Å². The quantitative estimate of drug-likeness (QED) is 0.829. The van der Waals surface area contributed by atoms with Crippen LogP contribution in [0.5, 0.6) is 0 Å².